The summed E-state index contributed by atoms with van der Waals surface area (Å²) in [6.07, 6.45) is 1.42. The molecule has 0 heterocycles. The third-order valence-corrected chi connectivity index (χ3v) is 3.52. The smallest absolute Gasteiger partial charge is 0.302 e. The van der Waals surface area contributed by atoms with Crippen LogP contribution in [0.3, 0.4) is 0 Å². The summed E-state index contributed by atoms with van der Waals surface area (Å²) in [5.74, 6) is 0. The van der Waals surface area contributed by atoms with Crippen LogP contribution in [0.5, 0.6) is 0 Å². The molecule has 4 heteroatoms. The molecule has 2 atom stereocenters. The number of hydrogen-bond donors (Lipinski definition) is 0. The van der Waals surface area contributed by atoms with Crippen molar-refractivity contribution in [2.45, 2.75) is 52.3 Å². The molecular weight excluding hydrogens is 178 g/mol. The third-order valence-electron chi connectivity index (χ3n) is 1.64. The van der Waals surface area contributed by atoms with Gasteiger partial charge in [-0.2, -0.15) is 4.20 Å². The van der Waals surface area contributed by atoms with E-state index in [1.165, 1.54) is 0 Å². The van der Waals surface area contributed by atoms with E-state index in [2.05, 4.69) is 0 Å². The van der Waals surface area contributed by atoms with Gasteiger partial charge in [-0.3, -0.25) is 4.57 Å². The highest BCUT2D eigenvalue weighted by molar-refractivity contribution is 7.54. The molecule has 0 saturated heterocycles. The van der Waals surface area contributed by atoms with Crippen molar-refractivity contribution in [3.8, 4) is 0 Å². The summed E-state index contributed by atoms with van der Waals surface area (Å²) < 4.78 is 29.1. The molecule has 2 unspecified atom stereocenters. The molecular formula is C8H18FO2P. The van der Waals surface area contributed by atoms with Crippen LogP contribution in [-0.4, -0.2) is 11.8 Å². The third kappa shape index (κ3) is 4.22. The number of hydrogen-bond acceptors (Lipinski definition) is 2. The Labute approximate surface area is 74.1 Å². The second-order valence-corrected chi connectivity index (χ2v) is 5.60. The van der Waals surface area contributed by atoms with E-state index in [-0.39, 0.29) is 6.10 Å². The average Bonchev–Trinajstić information content (AvgIpc) is 1.85. The molecule has 0 saturated carbocycles. The monoisotopic (exact) mass is 196 g/mol. The lowest BCUT2D eigenvalue weighted by Gasteiger charge is -2.17. The average molecular weight is 196 g/mol. The van der Waals surface area contributed by atoms with Gasteiger partial charge in [0.05, 0.1) is 11.8 Å². The van der Waals surface area contributed by atoms with Crippen molar-refractivity contribution in [1.29, 1.82) is 0 Å². The lowest BCUT2D eigenvalue weighted by molar-refractivity contribution is 0.192. The van der Waals surface area contributed by atoms with Gasteiger partial charge < -0.3 is 4.52 Å². The lowest BCUT2D eigenvalue weighted by atomic mass is 10.2. The molecule has 0 amide bonds. The second-order valence-electron chi connectivity index (χ2n) is 3.32. The van der Waals surface area contributed by atoms with Crippen LogP contribution >= 0.6 is 7.68 Å². The van der Waals surface area contributed by atoms with Gasteiger partial charge in [-0.05, 0) is 13.3 Å². The Morgan fingerprint density at radius 2 is 1.92 bits per heavy atom. The maximum Gasteiger partial charge on any atom is 0.370 e. The normalized spacial score (nSPS) is 19.2. The Balaban J connectivity index is 3.97. The number of halogens is 1. The molecule has 2 nitrogen and oxygen atoms in total. The molecule has 0 aliphatic rings. The highest BCUT2D eigenvalue weighted by atomic mass is 31.2. The molecule has 0 aromatic rings. The highest BCUT2D eigenvalue weighted by Gasteiger charge is 2.28. The SMILES string of the molecule is CCCC(C)OP(=O)(F)C(C)C. The van der Waals surface area contributed by atoms with Gasteiger partial charge in [0.2, 0.25) is 0 Å². The standard InChI is InChI=1S/C8H18FO2P/c1-5-6-8(4)11-12(9,10)7(2)3/h7-8H,5-6H2,1-4H3. The maximum absolute atomic E-state index is 13.1. The molecule has 0 spiro atoms. The zero-order valence-corrected chi connectivity index (χ0v) is 9.11. The first-order valence-electron chi connectivity index (χ1n) is 4.38. The van der Waals surface area contributed by atoms with Crippen molar-refractivity contribution in [2.24, 2.45) is 0 Å². The summed E-state index contributed by atoms with van der Waals surface area (Å²) in [4.78, 5) is 0. The van der Waals surface area contributed by atoms with E-state index < -0.39 is 13.3 Å². The Morgan fingerprint density at radius 1 is 1.42 bits per heavy atom. The fourth-order valence-electron chi connectivity index (χ4n) is 0.826. The molecule has 0 aliphatic carbocycles. The van der Waals surface area contributed by atoms with Crippen molar-refractivity contribution in [2.75, 3.05) is 0 Å². The van der Waals surface area contributed by atoms with Crippen molar-refractivity contribution in [1.82, 2.24) is 0 Å². The lowest BCUT2D eigenvalue weighted by Crippen LogP contribution is -2.08. The highest BCUT2D eigenvalue weighted by Crippen LogP contribution is 2.54. The summed E-state index contributed by atoms with van der Waals surface area (Å²) in [7, 11) is -3.85. The van der Waals surface area contributed by atoms with E-state index in [4.69, 9.17) is 4.52 Å². The van der Waals surface area contributed by atoms with Gasteiger partial charge in [0, 0.05) is 0 Å². The predicted octanol–water partition coefficient (Wildman–Crippen LogP) is 3.76. The van der Waals surface area contributed by atoms with Gasteiger partial charge in [-0.1, -0.05) is 27.2 Å². The Kier molecular flexibility index (Phi) is 5.03. The molecule has 0 fully saturated rings. The quantitative estimate of drug-likeness (QED) is 0.626. The van der Waals surface area contributed by atoms with E-state index in [1.807, 2.05) is 6.92 Å². The van der Waals surface area contributed by atoms with Gasteiger partial charge >= 0.3 is 7.68 Å². The van der Waals surface area contributed by atoms with E-state index in [0.29, 0.717) is 0 Å². The second kappa shape index (κ2) is 4.98. The van der Waals surface area contributed by atoms with Crippen LogP contribution in [0.1, 0.15) is 40.5 Å². The zero-order chi connectivity index (χ0) is 9.78. The molecule has 0 aromatic heterocycles. The molecule has 74 valence electrons. The Morgan fingerprint density at radius 3 is 2.25 bits per heavy atom. The van der Waals surface area contributed by atoms with Gasteiger partial charge in [-0.25, -0.2) is 0 Å². The number of rotatable bonds is 5. The van der Waals surface area contributed by atoms with Crippen LogP contribution in [0.2, 0.25) is 0 Å². The van der Waals surface area contributed by atoms with Crippen molar-refractivity contribution >= 4 is 7.68 Å². The van der Waals surface area contributed by atoms with Crippen LogP contribution < -0.4 is 0 Å². The molecule has 0 bridgehead atoms. The summed E-state index contributed by atoms with van der Waals surface area (Å²) in [5, 5.41) is 0. The van der Waals surface area contributed by atoms with E-state index in [1.54, 1.807) is 20.8 Å². The Hall–Kier alpha value is 0.120. The molecule has 0 N–H and O–H groups in total. The van der Waals surface area contributed by atoms with Crippen LogP contribution in [0, 0.1) is 0 Å². The summed E-state index contributed by atoms with van der Waals surface area (Å²) in [5.41, 5.74) is -0.531. The van der Waals surface area contributed by atoms with E-state index >= 15 is 0 Å². The van der Waals surface area contributed by atoms with Gasteiger partial charge in [0.15, 0.2) is 0 Å². The first-order chi connectivity index (χ1) is 5.40. The van der Waals surface area contributed by atoms with Crippen molar-refractivity contribution in [3.63, 3.8) is 0 Å². The predicted molar refractivity (Wildman–Crippen MR) is 49.3 cm³/mol. The molecule has 0 aliphatic heterocycles. The Bertz CT molecular complexity index is 170. The first kappa shape index (κ1) is 12.1. The van der Waals surface area contributed by atoms with Crippen LogP contribution in [0.25, 0.3) is 0 Å². The fraction of sp³-hybridized carbons (Fsp3) is 1.00. The minimum Gasteiger partial charge on any atom is -0.302 e. The van der Waals surface area contributed by atoms with Gasteiger partial charge in [0.1, 0.15) is 0 Å². The first-order valence-corrected chi connectivity index (χ1v) is 5.96. The van der Waals surface area contributed by atoms with Crippen molar-refractivity contribution in [3.05, 3.63) is 0 Å². The summed E-state index contributed by atoms with van der Waals surface area (Å²) >= 11 is 0. The van der Waals surface area contributed by atoms with Gasteiger partial charge in [-0.15, -0.1) is 0 Å². The minimum atomic E-state index is -3.85. The van der Waals surface area contributed by atoms with Crippen LogP contribution in [0.15, 0.2) is 0 Å². The molecule has 0 radical (unpaired) electrons. The van der Waals surface area contributed by atoms with Crippen molar-refractivity contribution < 1.29 is 13.3 Å². The summed E-state index contributed by atoms with van der Waals surface area (Å²) in [6.45, 7) is 6.87. The molecule has 0 rings (SSSR count). The fourth-order valence-corrected chi connectivity index (χ4v) is 1.67. The molecule has 0 aromatic carbocycles. The van der Waals surface area contributed by atoms with Gasteiger partial charge in [0.25, 0.3) is 0 Å². The largest absolute Gasteiger partial charge is 0.370 e. The topological polar surface area (TPSA) is 26.3 Å². The molecule has 12 heavy (non-hydrogen) atoms. The maximum atomic E-state index is 13.1. The van der Waals surface area contributed by atoms with E-state index in [9.17, 15) is 8.76 Å². The summed E-state index contributed by atoms with van der Waals surface area (Å²) in [6, 6.07) is 0. The van der Waals surface area contributed by atoms with E-state index in [0.717, 1.165) is 12.8 Å². The van der Waals surface area contributed by atoms with Crippen LogP contribution in [-0.2, 0) is 9.09 Å². The zero-order valence-electron chi connectivity index (χ0n) is 8.21. The minimum absolute atomic E-state index is 0.242. The van der Waals surface area contributed by atoms with Crippen LogP contribution in [0.4, 0.5) is 4.20 Å².